The third-order valence-corrected chi connectivity index (χ3v) is 4.32. The van der Waals surface area contributed by atoms with Crippen LogP contribution in [0.15, 0.2) is 60.7 Å². The van der Waals surface area contributed by atoms with E-state index in [2.05, 4.69) is 27.3 Å². The lowest BCUT2D eigenvalue weighted by atomic mass is 10.1. The summed E-state index contributed by atoms with van der Waals surface area (Å²) in [5.74, 6) is -0.0638. The standard InChI is InChI=1S/C20H23N3O/c1-23(2)17(12-15-8-4-3-5-9-15)14-21-20(24)19-13-16-10-6-7-11-18(16)22-19/h3-11,13,17,22H,12,14H2,1-2H3,(H,21,24). The second kappa shape index (κ2) is 7.32. The third-order valence-electron chi connectivity index (χ3n) is 4.32. The number of likely N-dealkylation sites (N-methyl/N-ethyl adjacent to an activating group) is 1. The molecule has 0 spiro atoms. The average Bonchev–Trinajstić information content (AvgIpc) is 3.03. The highest BCUT2D eigenvalue weighted by Crippen LogP contribution is 2.14. The van der Waals surface area contributed by atoms with Gasteiger partial charge in [0, 0.05) is 23.5 Å². The summed E-state index contributed by atoms with van der Waals surface area (Å²) >= 11 is 0. The Morgan fingerprint density at radius 1 is 1.08 bits per heavy atom. The molecule has 0 bridgehead atoms. The number of benzene rings is 2. The normalized spacial score (nSPS) is 12.5. The Bertz CT molecular complexity index is 775. The number of H-pyrrole nitrogens is 1. The van der Waals surface area contributed by atoms with Gasteiger partial charge in [-0.15, -0.1) is 0 Å². The molecule has 4 heteroatoms. The van der Waals surface area contributed by atoms with E-state index in [9.17, 15) is 4.79 Å². The van der Waals surface area contributed by atoms with Gasteiger partial charge in [0.1, 0.15) is 5.69 Å². The lowest BCUT2D eigenvalue weighted by Crippen LogP contribution is -2.41. The van der Waals surface area contributed by atoms with Crippen molar-refractivity contribution in [3.8, 4) is 0 Å². The summed E-state index contributed by atoms with van der Waals surface area (Å²) in [4.78, 5) is 17.8. The number of fused-ring (bicyclic) bond motifs is 1. The Hall–Kier alpha value is -2.59. The maximum Gasteiger partial charge on any atom is 0.267 e. The number of nitrogens with one attached hydrogen (secondary N) is 2. The number of aromatic amines is 1. The SMILES string of the molecule is CN(C)C(CNC(=O)c1cc2ccccc2[nH]1)Cc1ccccc1. The molecule has 3 rings (SSSR count). The number of para-hydroxylation sites is 1. The van der Waals surface area contributed by atoms with Crippen LogP contribution in [0.5, 0.6) is 0 Å². The number of hydrogen-bond acceptors (Lipinski definition) is 2. The highest BCUT2D eigenvalue weighted by atomic mass is 16.1. The van der Waals surface area contributed by atoms with Crippen LogP contribution in [0.2, 0.25) is 0 Å². The second-order valence-corrected chi connectivity index (χ2v) is 6.29. The second-order valence-electron chi connectivity index (χ2n) is 6.29. The van der Waals surface area contributed by atoms with Gasteiger partial charge in [-0.2, -0.15) is 0 Å². The molecule has 1 atom stereocenters. The average molecular weight is 321 g/mol. The predicted octanol–water partition coefficient (Wildman–Crippen LogP) is 3.07. The van der Waals surface area contributed by atoms with Crippen LogP contribution in [-0.4, -0.2) is 42.5 Å². The van der Waals surface area contributed by atoms with Crippen LogP contribution in [0.4, 0.5) is 0 Å². The molecule has 0 aliphatic carbocycles. The molecular formula is C20H23N3O. The molecule has 24 heavy (non-hydrogen) atoms. The van der Waals surface area contributed by atoms with Crippen molar-refractivity contribution in [3.05, 3.63) is 71.9 Å². The summed E-state index contributed by atoms with van der Waals surface area (Å²) in [5, 5.41) is 4.10. The number of rotatable bonds is 6. The smallest absolute Gasteiger partial charge is 0.267 e. The molecule has 0 saturated carbocycles. The van der Waals surface area contributed by atoms with Crippen molar-refractivity contribution in [2.24, 2.45) is 0 Å². The van der Waals surface area contributed by atoms with Crippen molar-refractivity contribution >= 4 is 16.8 Å². The number of hydrogen-bond donors (Lipinski definition) is 2. The van der Waals surface area contributed by atoms with Gasteiger partial charge in [0.05, 0.1) is 0 Å². The monoisotopic (exact) mass is 321 g/mol. The van der Waals surface area contributed by atoms with Crippen molar-refractivity contribution in [2.75, 3.05) is 20.6 Å². The van der Waals surface area contributed by atoms with Crippen LogP contribution < -0.4 is 5.32 Å². The van der Waals surface area contributed by atoms with Crippen LogP contribution in [0.3, 0.4) is 0 Å². The molecule has 2 aromatic carbocycles. The number of carbonyl (C=O) groups is 1. The Morgan fingerprint density at radius 3 is 2.50 bits per heavy atom. The van der Waals surface area contributed by atoms with Crippen LogP contribution >= 0.6 is 0 Å². The van der Waals surface area contributed by atoms with Crippen molar-refractivity contribution < 1.29 is 4.79 Å². The first kappa shape index (κ1) is 16.3. The fraction of sp³-hybridized carbons (Fsp3) is 0.250. The molecule has 0 aliphatic rings. The maximum atomic E-state index is 12.4. The van der Waals surface area contributed by atoms with Crippen LogP contribution in [-0.2, 0) is 6.42 Å². The van der Waals surface area contributed by atoms with Gasteiger partial charge in [0.2, 0.25) is 0 Å². The lowest BCUT2D eigenvalue weighted by molar-refractivity contribution is 0.0937. The van der Waals surface area contributed by atoms with E-state index in [0.717, 1.165) is 17.3 Å². The van der Waals surface area contributed by atoms with Gasteiger partial charge in [-0.25, -0.2) is 0 Å². The molecule has 0 radical (unpaired) electrons. The minimum atomic E-state index is -0.0638. The number of aromatic nitrogens is 1. The van der Waals surface area contributed by atoms with E-state index in [4.69, 9.17) is 0 Å². The van der Waals surface area contributed by atoms with Crippen molar-refractivity contribution in [2.45, 2.75) is 12.5 Å². The fourth-order valence-electron chi connectivity index (χ4n) is 2.82. The summed E-state index contributed by atoms with van der Waals surface area (Å²) in [6, 6.07) is 20.4. The van der Waals surface area contributed by atoms with Gasteiger partial charge in [-0.05, 0) is 38.2 Å². The molecule has 1 unspecified atom stereocenters. The van der Waals surface area contributed by atoms with E-state index in [0.29, 0.717) is 12.2 Å². The zero-order chi connectivity index (χ0) is 16.9. The topological polar surface area (TPSA) is 48.1 Å². The van der Waals surface area contributed by atoms with Gasteiger partial charge >= 0.3 is 0 Å². The molecule has 1 amide bonds. The van der Waals surface area contributed by atoms with E-state index in [-0.39, 0.29) is 11.9 Å². The van der Waals surface area contributed by atoms with Crippen molar-refractivity contribution in [1.82, 2.24) is 15.2 Å². The minimum Gasteiger partial charge on any atom is -0.351 e. The highest BCUT2D eigenvalue weighted by Gasteiger charge is 2.15. The van der Waals surface area contributed by atoms with Gasteiger partial charge in [0.15, 0.2) is 0 Å². The first-order chi connectivity index (χ1) is 11.6. The van der Waals surface area contributed by atoms with Crippen molar-refractivity contribution in [1.29, 1.82) is 0 Å². The number of amides is 1. The molecule has 0 fully saturated rings. The zero-order valence-corrected chi connectivity index (χ0v) is 14.1. The summed E-state index contributed by atoms with van der Waals surface area (Å²) in [6.45, 7) is 0.607. The summed E-state index contributed by atoms with van der Waals surface area (Å²) in [6.07, 6.45) is 0.904. The van der Waals surface area contributed by atoms with Gasteiger partial charge in [-0.1, -0.05) is 48.5 Å². The Morgan fingerprint density at radius 2 is 1.79 bits per heavy atom. The zero-order valence-electron chi connectivity index (χ0n) is 14.1. The molecule has 4 nitrogen and oxygen atoms in total. The van der Waals surface area contributed by atoms with Gasteiger partial charge in [-0.3, -0.25) is 4.79 Å². The quantitative estimate of drug-likeness (QED) is 0.733. The molecule has 0 saturated heterocycles. The van der Waals surface area contributed by atoms with Crippen molar-refractivity contribution in [3.63, 3.8) is 0 Å². The summed E-state index contributed by atoms with van der Waals surface area (Å²) in [7, 11) is 4.09. The van der Waals surface area contributed by atoms with E-state index >= 15 is 0 Å². The van der Waals surface area contributed by atoms with Gasteiger partial charge in [0.25, 0.3) is 5.91 Å². The largest absolute Gasteiger partial charge is 0.351 e. The summed E-state index contributed by atoms with van der Waals surface area (Å²) in [5.41, 5.74) is 2.86. The first-order valence-corrected chi connectivity index (χ1v) is 8.20. The van der Waals surface area contributed by atoms with Crippen LogP contribution in [0, 0.1) is 0 Å². The van der Waals surface area contributed by atoms with E-state index in [1.54, 1.807) is 0 Å². The molecule has 3 aromatic rings. The highest BCUT2D eigenvalue weighted by molar-refractivity contribution is 5.97. The Kier molecular flexibility index (Phi) is 4.96. The lowest BCUT2D eigenvalue weighted by Gasteiger charge is -2.24. The predicted molar refractivity (Wildman–Crippen MR) is 98.3 cm³/mol. The Balaban J connectivity index is 1.64. The minimum absolute atomic E-state index is 0.0638. The van der Waals surface area contributed by atoms with E-state index < -0.39 is 0 Å². The molecule has 1 aromatic heterocycles. The molecular weight excluding hydrogens is 298 g/mol. The Labute approximate surface area is 142 Å². The molecule has 124 valence electrons. The third kappa shape index (κ3) is 3.84. The summed E-state index contributed by atoms with van der Waals surface area (Å²) < 4.78 is 0. The van der Waals surface area contributed by atoms with Crippen LogP contribution in [0.1, 0.15) is 16.1 Å². The fourth-order valence-corrected chi connectivity index (χ4v) is 2.82. The van der Waals surface area contributed by atoms with Crippen LogP contribution in [0.25, 0.3) is 10.9 Å². The number of carbonyl (C=O) groups excluding carboxylic acids is 1. The van der Waals surface area contributed by atoms with Gasteiger partial charge < -0.3 is 15.2 Å². The number of nitrogens with zero attached hydrogens (tertiary/aromatic N) is 1. The first-order valence-electron chi connectivity index (χ1n) is 8.20. The molecule has 1 heterocycles. The molecule has 0 aliphatic heterocycles. The van der Waals surface area contributed by atoms with E-state index in [1.807, 2.05) is 62.6 Å². The maximum absolute atomic E-state index is 12.4. The van der Waals surface area contributed by atoms with E-state index in [1.165, 1.54) is 5.56 Å². The molecule has 2 N–H and O–H groups in total.